The molecule has 32 heavy (non-hydrogen) atoms. The molecule has 2 aromatic heterocycles. The normalized spacial score (nSPS) is 11.4. The van der Waals surface area contributed by atoms with Crippen LogP contribution in [-0.2, 0) is 0 Å². The Bertz CT molecular complexity index is 1490. The van der Waals surface area contributed by atoms with Crippen LogP contribution < -0.4 is 0 Å². The minimum Gasteiger partial charge on any atom is -0.507 e. The molecule has 6 heteroatoms. The number of hydrogen-bond donors (Lipinski definition) is 2. The first-order chi connectivity index (χ1) is 15.7. The topological polar surface area (TPSA) is 92.5 Å². The minimum atomic E-state index is 0.121. The van der Waals surface area contributed by atoms with Crippen LogP contribution in [0.5, 0.6) is 11.5 Å². The van der Waals surface area contributed by atoms with Crippen molar-refractivity contribution in [3.8, 4) is 45.5 Å². The Kier molecular flexibility index (Phi) is 3.98. The van der Waals surface area contributed by atoms with Crippen molar-refractivity contribution in [2.45, 2.75) is 0 Å². The van der Waals surface area contributed by atoms with Crippen molar-refractivity contribution in [1.29, 1.82) is 0 Å². The van der Waals surface area contributed by atoms with Gasteiger partial charge < -0.3 is 19.0 Å². The maximum atomic E-state index is 10.1. The number of hydrogen-bond acceptors (Lipinski definition) is 6. The summed E-state index contributed by atoms with van der Waals surface area (Å²) in [4.78, 5) is 9.11. The highest BCUT2D eigenvalue weighted by Gasteiger charge is 2.15. The summed E-state index contributed by atoms with van der Waals surface area (Å²) >= 11 is 0. The van der Waals surface area contributed by atoms with E-state index in [1.165, 1.54) is 0 Å². The predicted molar refractivity (Wildman–Crippen MR) is 121 cm³/mol. The molecule has 0 radical (unpaired) electrons. The van der Waals surface area contributed by atoms with E-state index in [-0.39, 0.29) is 11.5 Å². The van der Waals surface area contributed by atoms with Gasteiger partial charge in [-0.3, -0.25) is 0 Å². The van der Waals surface area contributed by atoms with Crippen molar-refractivity contribution in [1.82, 2.24) is 9.97 Å². The second-order valence-corrected chi connectivity index (χ2v) is 7.44. The van der Waals surface area contributed by atoms with Gasteiger partial charge in [-0.1, -0.05) is 36.4 Å². The zero-order chi connectivity index (χ0) is 21.7. The molecule has 2 heterocycles. The second-order valence-electron chi connectivity index (χ2n) is 7.44. The maximum absolute atomic E-state index is 10.1. The highest BCUT2D eigenvalue weighted by molar-refractivity contribution is 5.87. The van der Waals surface area contributed by atoms with Gasteiger partial charge in [-0.05, 0) is 59.7 Å². The summed E-state index contributed by atoms with van der Waals surface area (Å²) in [6.07, 6.45) is 0. The number of rotatable bonds is 3. The summed E-state index contributed by atoms with van der Waals surface area (Å²) in [7, 11) is 0. The predicted octanol–water partition coefficient (Wildman–Crippen LogP) is 6.38. The third-order valence-corrected chi connectivity index (χ3v) is 5.38. The minimum absolute atomic E-state index is 0.121. The summed E-state index contributed by atoms with van der Waals surface area (Å²) in [5.41, 5.74) is 5.64. The van der Waals surface area contributed by atoms with E-state index in [0.29, 0.717) is 45.1 Å². The number of phenols is 2. The molecule has 4 aromatic carbocycles. The first-order valence-electron chi connectivity index (χ1n) is 10.0. The molecule has 0 fully saturated rings. The lowest BCUT2D eigenvalue weighted by molar-refractivity contribution is 0.473. The number of aromatic hydroxyl groups is 2. The van der Waals surface area contributed by atoms with Crippen LogP contribution >= 0.6 is 0 Å². The summed E-state index contributed by atoms with van der Waals surface area (Å²) in [6.45, 7) is 0. The average Bonchev–Trinajstić information content (AvgIpc) is 3.42. The number of benzene rings is 4. The van der Waals surface area contributed by atoms with Crippen LogP contribution in [-0.4, -0.2) is 20.2 Å². The lowest BCUT2D eigenvalue weighted by Crippen LogP contribution is -1.80. The van der Waals surface area contributed by atoms with Crippen molar-refractivity contribution in [3.05, 3.63) is 84.9 Å². The highest BCUT2D eigenvalue weighted by atomic mass is 16.4. The van der Waals surface area contributed by atoms with Gasteiger partial charge in [0.05, 0.1) is 11.1 Å². The second kappa shape index (κ2) is 6.99. The van der Waals surface area contributed by atoms with E-state index in [0.717, 1.165) is 11.1 Å². The first-order valence-corrected chi connectivity index (χ1v) is 10.0. The van der Waals surface area contributed by atoms with Crippen molar-refractivity contribution >= 4 is 22.2 Å². The molecular formula is C26H16N2O4. The van der Waals surface area contributed by atoms with Gasteiger partial charge in [0.1, 0.15) is 22.5 Å². The molecule has 0 aliphatic carbocycles. The Hall–Kier alpha value is -4.58. The molecule has 0 bridgehead atoms. The average molecular weight is 420 g/mol. The van der Waals surface area contributed by atoms with E-state index >= 15 is 0 Å². The Morgan fingerprint density at radius 3 is 1.41 bits per heavy atom. The molecule has 154 valence electrons. The zero-order valence-corrected chi connectivity index (χ0v) is 16.7. The van der Waals surface area contributed by atoms with Crippen molar-refractivity contribution < 1.29 is 19.0 Å². The molecule has 6 rings (SSSR count). The number of aromatic nitrogens is 2. The molecule has 0 aliphatic rings. The van der Waals surface area contributed by atoms with Gasteiger partial charge in [0.15, 0.2) is 11.2 Å². The summed E-state index contributed by atoms with van der Waals surface area (Å²) < 4.78 is 11.7. The lowest BCUT2D eigenvalue weighted by Gasteiger charge is -2.00. The van der Waals surface area contributed by atoms with Gasteiger partial charge in [0.2, 0.25) is 11.8 Å². The SMILES string of the molecule is Oc1ccccc1-c1nc2cc(-c3ccc4oc(-c5ccccc5O)nc4c3)ccc2o1. The van der Waals surface area contributed by atoms with E-state index in [1.54, 1.807) is 36.4 Å². The van der Waals surface area contributed by atoms with Crippen LogP contribution in [0.1, 0.15) is 0 Å². The van der Waals surface area contributed by atoms with Gasteiger partial charge in [0.25, 0.3) is 0 Å². The van der Waals surface area contributed by atoms with Crippen LogP contribution in [0.15, 0.2) is 93.8 Å². The van der Waals surface area contributed by atoms with Crippen LogP contribution in [0.25, 0.3) is 56.2 Å². The number of fused-ring (bicyclic) bond motifs is 2. The van der Waals surface area contributed by atoms with Crippen LogP contribution in [0.3, 0.4) is 0 Å². The monoisotopic (exact) mass is 420 g/mol. The molecule has 0 spiro atoms. The fourth-order valence-corrected chi connectivity index (χ4v) is 3.75. The maximum Gasteiger partial charge on any atom is 0.231 e. The summed E-state index contributed by atoms with van der Waals surface area (Å²) in [5.74, 6) is 0.982. The highest BCUT2D eigenvalue weighted by Crippen LogP contribution is 2.34. The van der Waals surface area contributed by atoms with Crippen LogP contribution in [0.2, 0.25) is 0 Å². The number of para-hydroxylation sites is 2. The van der Waals surface area contributed by atoms with Gasteiger partial charge in [-0.25, -0.2) is 9.97 Å². The van der Waals surface area contributed by atoms with Crippen molar-refractivity contribution in [2.75, 3.05) is 0 Å². The Balaban J connectivity index is 1.41. The third kappa shape index (κ3) is 2.97. The molecule has 0 unspecified atom stereocenters. The summed E-state index contributed by atoms with van der Waals surface area (Å²) in [6, 6.07) is 25.4. The molecule has 0 atom stereocenters. The van der Waals surface area contributed by atoms with E-state index in [4.69, 9.17) is 8.83 Å². The van der Waals surface area contributed by atoms with Crippen molar-refractivity contribution in [3.63, 3.8) is 0 Å². The number of nitrogens with zero attached hydrogens (tertiary/aromatic N) is 2. The first kappa shape index (κ1) is 18.2. The molecule has 0 aliphatic heterocycles. The lowest BCUT2D eigenvalue weighted by atomic mass is 10.0. The molecule has 2 N–H and O–H groups in total. The van der Waals surface area contributed by atoms with Gasteiger partial charge in [-0.2, -0.15) is 0 Å². The quantitative estimate of drug-likeness (QED) is 0.345. The molecule has 0 amide bonds. The number of phenolic OH excluding ortho intramolecular Hbond substituents is 2. The summed E-state index contributed by atoms with van der Waals surface area (Å²) in [5, 5.41) is 20.2. The smallest absolute Gasteiger partial charge is 0.231 e. The fraction of sp³-hybridized carbons (Fsp3) is 0. The molecule has 6 nitrogen and oxygen atoms in total. The van der Waals surface area contributed by atoms with E-state index < -0.39 is 0 Å². The van der Waals surface area contributed by atoms with Gasteiger partial charge in [0, 0.05) is 0 Å². The van der Waals surface area contributed by atoms with Crippen LogP contribution in [0.4, 0.5) is 0 Å². The molecule has 6 aromatic rings. The van der Waals surface area contributed by atoms with Crippen molar-refractivity contribution in [2.24, 2.45) is 0 Å². The van der Waals surface area contributed by atoms with E-state index in [2.05, 4.69) is 9.97 Å². The largest absolute Gasteiger partial charge is 0.507 e. The Morgan fingerprint density at radius 1 is 0.531 bits per heavy atom. The van der Waals surface area contributed by atoms with Gasteiger partial charge in [-0.15, -0.1) is 0 Å². The van der Waals surface area contributed by atoms with Gasteiger partial charge >= 0.3 is 0 Å². The standard InChI is InChI=1S/C26H16N2O4/c29-21-7-3-1-5-17(21)25-27-19-13-15(9-11-23(19)31-25)16-10-12-24-20(14-16)28-26(32-24)18-6-2-4-8-22(18)30/h1-14,29-30H. The van der Waals surface area contributed by atoms with Crippen LogP contribution in [0, 0.1) is 0 Å². The Morgan fingerprint density at radius 2 is 0.969 bits per heavy atom. The molecule has 0 saturated carbocycles. The van der Waals surface area contributed by atoms with E-state index in [9.17, 15) is 10.2 Å². The fourth-order valence-electron chi connectivity index (χ4n) is 3.75. The van der Waals surface area contributed by atoms with E-state index in [1.807, 2.05) is 48.5 Å². The zero-order valence-electron chi connectivity index (χ0n) is 16.7. The molecular weight excluding hydrogens is 404 g/mol. The third-order valence-electron chi connectivity index (χ3n) is 5.38. The number of oxazole rings is 2. The molecule has 0 saturated heterocycles. The Labute approximate surface area is 182 Å².